The zero-order chi connectivity index (χ0) is 13.9. The predicted octanol–water partition coefficient (Wildman–Crippen LogP) is 3.22. The van der Waals surface area contributed by atoms with Crippen molar-refractivity contribution in [3.05, 3.63) is 16.7 Å². The molecule has 0 aliphatic rings. The molecule has 0 bridgehead atoms. The first kappa shape index (κ1) is 14.8. The van der Waals surface area contributed by atoms with Crippen LogP contribution in [0, 0.1) is 0 Å². The number of rotatable bonds is 2. The average Bonchev–Trinajstić information content (AvgIpc) is 2.25. The van der Waals surface area contributed by atoms with Crippen LogP contribution in [0.2, 0.25) is 0 Å². The molecule has 1 amide bonds. The highest BCUT2D eigenvalue weighted by molar-refractivity contribution is 9.10. The van der Waals surface area contributed by atoms with Crippen LogP contribution in [-0.4, -0.2) is 30.8 Å². The van der Waals surface area contributed by atoms with Crippen molar-refractivity contribution >= 4 is 27.8 Å². The van der Waals surface area contributed by atoms with E-state index in [1.54, 1.807) is 19.3 Å². The third-order valence-corrected chi connectivity index (χ3v) is 2.44. The van der Waals surface area contributed by atoms with Crippen molar-refractivity contribution in [2.75, 3.05) is 19.1 Å². The molecule has 0 radical (unpaired) electrons. The van der Waals surface area contributed by atoms with Gasteiger partial charge in [0.15, 0.2) is 11.6 Å². The van der Waals surface area contributed by atoms with Crippen LogP contribution in [0.5, 0.6) is 5.75 Å². The van der Waals surface area contributed by atoms with E-state index in [9.17, 15) is 4.79 Å². The molecule has 0 aliphatic heterocycles. The number of ether oxygens (including phenoxy) is 2. The molecule has 0 aromatic carbocycles. The summed E-state index contributed by atoms with van der Waals surface area (Å²) in [7, 11) is 3.11. The van der Waals surface area contributed by atoms with Crippen LogP contribution < -0.4 is 9.64 Å². The van der Waals surface area contributed by atoms with Crippen molar-refractivity contribution in [1.82, 2.24) is 4.98 Å². The van der Waals surface area contributed by atoms with Crippen LogP contribution >= 0.6 is 15.9 Å². The van der Waals surface area contributed by atoms with E-state index in [1.165, 1.54) is 12.0 Å². The van der Waals surface area contributed by atoms with Gasteiger partial charge in [-0.25, -0.2) is 9.78 Å². The number of halogens is 1. The Labute approximate surface area is 115 Å². The Hall–Kier alpha value is -1.30. The summed E-state index contributed by atoms with van der Waals surface area (Å²) in [5.74, 6) is 0.910. The van der Waals surface area contributed by atoms with E-state index in [0.29, 0.717) is 11.6 Å². The van der Waals surface area contributed by atoms with Crippen LogP contribution in [0.1, 0.15) is 20.8 Å². The molecule has 1 heterocycles. The number of pyridine rings is 1. The summed E-state index contributed by atoms with van der Waals surface area (Å²) in [4.78, 5) is 17.4. The average molecular weight is 317 g/mol. The zero-order valence-corrected chi connectivity index (χ0v) is 12.7. The maximum Gasteiger partial charge on any atom is 0.415 e. The number of carbonyl (C=O) groups is 1. The molecular formula is C12H17BrN2O3. The van der Waals surface area contributed by atoms with E-state index in [1.807, 2.05) is 20.8 Å². The van der Waals surface area contributed by atoms with Crippen LogP contribution in [0.25, 0.3) is 0 Å². The van der Waals surface area contributed by atoms with Gasteiger partial charge >= 0.3 is 6.09 Å². The van der Waals surface area contributed by atoms with Gasteiger partial charge < -0.3 is 9.47 Å². The molecule has 0 spiro atoms. The molecular weight excluding hydrogens is 300 g/mol. The number of amides is 1. The molecule has 1 aromatic rings. The summed E-state index contributed by atoms with van der Waals surface area (Å²) in [6.45, 7) is 5.43. The smallest absolute Gasteiger partial charge is 0.415 e. The van der Waals surface area contributed by atoms with Gasteiger partial charge in [-0.05, 0) is 42.8 Å². The SMILES string of the molecule is COc1cc(Br)cnc1N(C)C(=O)OC(C)(C)C. The maximum atomic E-state index is 11.9. The van der Waals surface area contributed by atoms with Crippen molar-refractivity contribution in [3.8, 4) is 5.75 Å². The summed E-state index contributed by atoms with van der Waals surface area (Å²) in [6, 6.07) is 1.74. The zero-order valence-electron chi connectivity index (χ0n) is 11.2. The molecule has 100 valence electrons. The summed E-state index contributed by atoms with van der Waals surface area (Å²) in [5.41, 5.74) is -0.548. The highest BCUT2D eigenvalue weighted by Crippen LogP contribution is 2.28. The topological polar surface area (TPSA) is 51.7 Å². The van der Waals surface area contributed by atoms with Gasteiger partial charge in [-0.1, -0.05) is 0 Å². The number of nitrogens with zero attached hydrogens (tertiary/aromatic N) is 2. The number of hydrogen-bond acceptors (Lipinski definition) is 4. The minimum Gasteiger partial charge on any atom is -0.493 e. The highest BCUT2D eigenvalue weighted by Gasteiger charge is 2.23. The van der Waals surface area contributed by atoms with Gasteiger partial charge in [0.2, 0.25) is 0 Å². The molecule has 0 atom stereocenters. The molecule has 0 N–H and O–H groups in total. The Bertz CT molecular complexity index is 443. The molecule has 0 fully saturated rings. The maximum absolute atomic E-state index is 11.9. The Kier molecular flexibility index (Phi) is 4.56. The number of hydrogen-bond donors (Lipinski definition) is 0. The number of methoxy groups -OCH3 is 1. The second-order valence-electron chi connectivity index (χ2n) is 4.72. The second kappa shape index (κ2) is 5.56. The first-order valence-electron chi connectivity index (χ1n) is 5.41. The van der Waals surface area contributed by atoms with Crippen LogP contribution in [-0.2, 0) is 4.74 Å². The van der Waals surface area contributed by atoms with E-state index in [0.717, 1.165) is 4.47 Å². The van der Waals surface area contributed by atoms with Crippen molar-refractivity contribution in [2.24, 2.45) is 0 Å². The minimum absolute atomic E-state index is 0.412. The number of carbonyl (C=O) groups excluding carboxylic acids is 1. The van der Waals surface area contributed by atoms with Crippen LogP contribution in [0.3, 0.4) is 0 Å². The Morgan fingerprint density at radius 3 is 2.56 bits per heavy atom. The van der Waals surface area contributed by atoms with E-state index in [2.05, 4.69) is 20.9 Å². The van der Waals surface area contributed by atoms with Gasteiger partial charge in [0, 0.05) is 17.7 Å². The molecule has 0 unspecified atom stereocenters. The molecule has 0 saturated carbocycles. The summed E-state index contributed by atoms with van der Waals surface area (Å²) >= 11 is 3.29. The largest absolute Gasteiger partial charge is 0.493 e. The summed E-state index contributed by atoms with van der Waals surface area (Å²) in [6.07, 6.45) is 1.12. The lowest BCUT2D eigenvalue weighted by molar-refractivity contribution is 0.0587. The van der Waals surface area contributed by atoms with Crippen molar-refractivity contribution in [3.63, 3.8) is 0 Å². The van der Waals surface area contributed by atoms with Crippen molar-refractivity contribution in [2.45, 2.75) is 26.4 Å². The van der Waals surface area contributed by atoms with Crippen molar-refractivity contribution in [1.29, 1.82) is 0 Å². The van der Waals surface area contributed by atoms with E-state index in [4.69, 9.17) is 9.47 Å². The molecule has 1 aromatic heterocycles. The lowest BCUT2D eigenvalue weighted by Crippen LogP contribution is -2.34. The Morgan fingerprint density at radius 1 is 1.44 bits per heavy atom. The molecule has 6 heteroatoms. The monoisotopic (exact) mass is 316 g/mol. The standard InChI is InChI=1S/C12H17BrN2O3/c1-12(2,3)18-11(16)15(4)10-9(17-5)6-8(13)7-14-10/h6-7H,1-5H3. The predicted molar refractivity (Wildman–Crippen MR) is 73.1 cm³/mol. The first-order valence-corrected chi connectivity index (χ1v) is 6.20. The molecule has 5 nitrogen and oxygen atoms in total. The lowest BCUT2D eigenvalue weighted by atomic mass is 10.2. The number of anilines is 1. The van der Waals surface area contributed by atoms with E-state index >= 15 is 0 Å². The van der Waals surface area contributed by atoms with Gasteiger partial charge in [0.25, 0.3) is 0 Å². The first-order chi connectivity index (χ1) is 8.24. The second-order valence-corrected chi connectivity index (χ2v) is 5.63. The van der Waals surface area contributed by atoms with Gasteiger partial charge in [-0.2, -0.15) is 0 Å². The molecule has 0 saturated heterocycles. The van der Waals surface area contributed by atoms with Gasteiger partial charge in [0.1, 0.15) is 5.60 Å². The molecule has 18 heavy (non-hydrogen) atoms. The van der Waals surface area contributed by atoms with Gasteiger partial charge in [-0.15, -0.1) is 0 Å². The highest BCUT2D eigenvalue weighted by atomic mass is 79.9. The fraction of sp³-hybridized carbons (Fsp3) is 0.500. The summed E-state index contributed by atoms with van der Waals surface area (Å²) in [5, 5.41) is 0. The van der Waals surface area contributed by atoms with Gasteiger partial charge in [0.05, 0.1) is 7.11 Å². The molecule has 0 aliphatic carbocycles. The quantitative estimate of drug-likeness (QED) is 0.840. The third kappa shape index (κ3) is 3.87. The minimum atomic E-state index is -0.548. The fourth-order valence-corrected chi connectivity index (χ4v) is 1.54. The van der Waals surface area contributed by atoms with Gasteiger partial charge in [-0.3, -0.25) is 4.90 Å². The third-order valence-electron chi connectivity index (χ3n) is 2.00. The van der Waals surface area contributed by atoms with Crippen LogP contribution in [0.15, 0.2) is 16.7 Å². The van der Waals surface area contributed by atoms with E-state index < -0.39 is 11.7 Å². The molecule has 1 rings (SSSR count). The lowest BCUT2D eigenvalue weighted by Gasteiger charge is -2.24. The Morgan fingerprint density at radius 2 is 2.06 bits per heavy atom. The van der Waals surface area contributed by atoms with Crippen LogP contribution in [0.4, 0.5) is 10.6 Å². The normalized spacial score (nSPS) is 11.0. The van der Waals surface area contributed by atoms with Crippen molar-refractivity contribution < 1.29 is 14.3 Å². The summed E-state index contributed by atoms with van der Waals surface area (Å²) < 4.78 is 11.2. The fourth-order valence-electron chi connectivity index (χ4n) is 1.23. The number of aromatic nitrogens is 1. The Balaban J connectivity index is 2.96. The van der Waals surface area contributed by atoms with E-state index in [-0.39, 0.29) is 0 Å².